The monoisotopic (exact) mass is 439 g/mol. The van der Waals surface area contributed by atoms with Crippen LogP contribution >= 0.6 is 0 Å². The molecule has 0 spiro atoms. The van der Waals surface area contributed by atoms with Crippen molar-refractivity contribution in [2.24, 2.45) is 5.92 Å². The lowest BCUT2D eigenvalue weighted by molar-refractivity contribution is 0.00578. The van der Waals surface area contributed by atoms with E-state index < -0.39 is 12.7 Å². The number of piperidine rings is 1. The highest BCUT2D eigenvalue weighted by molar-refractivity contribution is 6.62. The Kier molecular flexibility index (Phi) is 4.74. The minimum absolute atomic E-state index is 0.0729. The molecule has 5 rings (SSSR count). The summed E-state index contributed by atoms with van der Waals surface area (Å²) in [6.45, 7) is 14.0. The molecule has 1 saturated carbocycles. The van der Waals surface area contributed by atoms with Crippen LogP contribution in [-0.4, -0.2) is 50.9 Å². The molecular formula is C24H34BN3O4. The topological polar surface area (TPSA) is 76.7 Å². The van der Waals surface area contributed by atoms with Crippen molar-refractivity contribution in [1.29, 1.82) is 0 Å². The van der Waals surface area contributed by atoms with E-state index in [1.165, 1.54) is 0 Å². The summed E-state index contributed by atoms with van der Waals surface area (Å²) in [5, 5.41) is 0. The fourth-order valence-electron chi connectivity index (χ4n) is 5.23. The molecule has 0 radical (unpaired) electrons. The third kappa shape index (κ3) is 3.52. The Labute approximate surface area is 190 Å². The van der Waals surface area contributed by atoms with Crippen molar-refractivity contribution in [3.63, 3.8) is 0 Å². The first-order valence-corrected chi connectivity index (χ1v) is 11.7. The molecule has 2 saturated heterocycles. The number of amides is 1. The average Bonchev–Trinajstić information content (AvgIpc) is 3.41. The number of imidazole rings is 1. The number of nitrogens with one attached hydrogen (secondary N) is 1. The third-order valence-corrected chi connectivity index (χ3v) is 7.52. The first-order valence-electron chi connectivity index (χ1n) is 11.7. The SMILES string of the molecule is CC(C)(C)OC(=O)N1C(c2nc3ccc(B4OC(C)(C)C(C)(C)O4)cc3[nH]2)[C@@H]2CC[C@@H]1C2. The molecule has 1 N–H and O–H groups in total. The summed E-state index contributed by atoms with van der Waals surface area (Å²) in [7, 11) is -0.420. The van der Waals surface area contributed by atoms with Gasteiger partial charge >= 0.3 is 13.2 Å². The minimum atomic E-state index is -0.519. The largest absolute Gasteiger partial charge is 0.494 e. The Bertz CT molecular complexity index is 1040. The number of carbonyl (C=O) groups excluding carboxylic acids is 1. The van der Waals surface area contributed by atoms with Crippen LogP contribution in [0.3, 0.4) is 0 Å². The summed E-state index contributed by atoms with van der Waals surface area (Å²) >= 11 is 0. The Morgan fingerprint density at radius 1 is 1.19 bits per heavy atom. The van der Waals surface area contributed by atoms with Gasteiger partial charge in [-0.05, 0) is 91.2 Å². The maximum atomic E-state index is 13.0. The zero-order valence-electron chi connectivity index (χ0n) is 20.2. The van der Waals surface area contributed by atoms with Gasteiger partial charge < -0.3 is 19.0 Å². The van der Waals surface area contributed by atoms with Crippen LogP contribution in [0.2, 0.25) is 0 Å². The predicted octanol–water partition coefficient (Wildman–Crippen LogP) is 4.32. The van der Waals surface area contributed by atoms with E-state index in [4.69, 9.17) is 19.0 Å². The lowest BCUT2D eigenvalue weighted by Crippen LogP contribution is -2.43. The summed E-state index contributed by atoms with van der Waals surface area (Å²) < 4.78 is 18.2. The number of H-pyrrole nitrogens is 1. The van der Waals surface area contributed by atoms with Gasteiger partial charge in [0.1, 0.15) is 11.4 Å². The van der Waals surface area contributed by atoms with E-state index in [2.05, 4.69) is 38.7 Å². The lowest BCUT2D eigenvalue weighted by atomic mass is 9.79. The number of carbonyl (C=O) groups is 1. The van der Waals surface area contributed by atoms with Crippen LogP contribution in [0.15, 0.2) is 18.2 Å². The van der Waals surface area contributed by atoms with Gasteiger partial charge in [-0.3, -0.25) is 4.90 Å². The zero-order valence-corrected chi connectivity index (χ0v) is 20.2. The Hall–Kier alpha value is -2.06. The fraction of sp³-hybridized carbons (Fsp3) is 0.667. The van der Waals surface area contributed by atoms with Crippen LogP contribution in [0.1, 0.15) is 79.6 Å². The number of nitrogens with zero attached hydrogens (tertiary/aromatic N) is 2. The molecule has 1 aromatic carbocycles. The average molecular weight is 439 g/mol. The second-order valence-corrected chi connectivity index (χ2v) is 11.5. The van der Waals surface area contributed by atoms with Crippen LogP contribution in [0.4, 0.5) is 4.79 Å². The van der Waals surface area contributed by atoms with E-state index in [0.717, 1.165) is 41.6 Å². The molecule has 172 valence electrons. The van der Waals surface area contributed by atoms with E-state index in [1.807, 2.05) is 37.8 Å². The number of hydrogen-bond acceptors (Lipinski definition) is 5. The Balaban J connectivity index is 1.44. The molecule has 1 aliphatic carbocycles. The van der Waals surface area contributed by atoms with Gasteiger partial charge in [-0.25, -0.2) is 9.78 Å². The molecule has 2 aromatic rings. The zero-order chi connectivity index (χ0) is 23.1. The molecular weight excluding hydrogens is 405 g/mol. The molecule has 32 heavy (non-hydrogen) atoms. The van der Waals surface area contributed by atoms with Gasteiger partial charge in [0.15, 0.2) is 0 Å². The van der Waals surface area contributed by atoms with E-state index in [0.29, 0.717) is 5.92 Å². The van der Waals surface area contributed by atoms with Crippen molar-refractivity contribution >= 4 is 29.7 Å². The first kappa shape index (κ1) is 21.8. The first-order chi connectivity index (χ1) is 14.8. The van der Waals surface area contributed by atoms with Crippen LogP contribution in [0.25, 0.3) is 11.0 Å². The van der Waals surface area contributed by atoms with E-state index in [-0.39, 0.29) is 29.4 Å². The van der Waals surface area contributed by atoms with Gasteiger partial charge in [0, 0.05) is 6.04 Å². The van der Waals surface area contributed by atoms with Crippen LogP contribution in [0.5, 0.6) is 0 Å². The van der Waals surface area contributed by atoms with Crippen LogP contribution < -0.4 is 5.46 Å². The number of rotatable bonds is 2. The van der Waals surface area contributed by atoms with Crippen molar-refractivity contribution < 1.29 is 18.8 Å². The Morgan fingerprint density at radius 2 is 1.88 bits per heavy atom. The summed E-state index contributed by atoms with van der Waals surface area (Å²) in [5.41, 5.74) is 1.48. The van der Waals surface area contributed by atoms with Gasteiger partial charge in [-0.2, -0.15) is 0 Å². The van der Waals surface area contributed by atoms with Crippen molar-refractivity contribution in [2.45, 2.75) is 96.6 Å². The van der Waals surface area contributed by atoms with E-state index in [1.54, 1.807) is 0 Å². The molecule has 7 nitrogen and oxygen atoms in total. The van der Waals surface area contributed by atoms with Crippen LogP contribution in [-0.2, 0) is 14.0 Å². The molecule has 8 heteroatoms. The second-order valence-electron chi connectivity index (χ2n) is 11.5. The quantitative estimate of drug-likeness (QED) is 0.706. The van der Waals surface area contributed by atoms with Crippen molar-refractivity contribution in [1.82, 2.24) is 14.9 Å². The minimum Gasteiger partial charge on any atom is -0.444 e. The maximum absolute atomic E-state index is 13.0. The van der Waals surface area contributed by atoms with Gasteiger partial charge in [-0.15, -0.1) is 0 Å². The van der Waals surface area contributed by atoms with Gasteiger partial charge in [0.2, 0.25) is 0 Å². The number of aromatic amines is 1. The number of ether oxygens (including phenoxy) is 1. The molecule has 3 heterocycles. The lowest BCUT2D eigenvalue weighted by Gasteiger charge is -2.35. The molecule has 1 aromatic heterocycles. The molecule has 3 fully saturated rings. The van der Waals surface area contributed by atoms with Crippen molar-refractivity contribution in [3.05, 3.63) is 24.0 Å². The predicted molar refractivity (Wildman–Crippen MR) is 124 cm³/mol. The van der Waals surface area contributed by atoms with E-state index >= 15 is 0 Å². The molecule has 2 bridgehead atoms. The summed E-state index contributed by atoms with van der Waals surface area (Å²) in [6, 6.07) is 6.23. The standard InChI is InChI=1S/C24H34BN3O4/c1-22(2,3)30-21(29)28-16-10-8-14(12-16)19(28)20-26-17-11-9-15(13-18(17)27-20)25-31-23(4,5)24(6,7)32-25/h9,11,13-14,16,19H,8,10,12H2,1-7H3,(H,26,27)/t14-,16-,19?/m1/s1. The normalized spacial score (nSPS) is 28.7. The highest BCUT2D eigenvalue weighted by atomic mass is 16.7. The van der Waals surface area contributed by atoms with E-state index in [9.17, 15) is 4.79 Å². The third-order valence-electron chi connectivity index (χ3n) is 7.52. The molecule has 1 unspecified atom stereocenters. The molecule has 3 atom stereocenters. The van der Waals surface area contributed by atoms with Crippen LogP contribution in [0, 0.1) is 5.92 Å². The van der Waals surface area contributed by atoms with Crippen molar-refractivity contribution in [3.8, 4) is 0 Å². The number of aromatic nitrogens is 2. The van der Waals surface area contributed by atoms with Gasteiger partial charge in [0.25, 0.3) is 0 Å². The fourth-order valence-corrected chi connectivity index (χ4v) is 5.23. The number of fused-ring (bicyclic) bond motifs is 3. The molecule has 3 aliphatic rings. The van der Waals surface area contributed by atoms with Crippen molar-refractivity contribution in [2.75, 3.05) is 0 Å². The molecule has 2 aliphatic heterocycles. The second kappa shape index (κ2) is 6.97. The number of benzene rings is 1. The summed E-state index contributed by atoms with van der Waals surface area (Å²) in [5.74, 6) is 1.25. The highest BCUT2D eigenvalue weighted by Crippen LogP contribution is 2.50. The summed E-state index contributed by atoms with van der Waals surface area (Å²) in [4.78, 5) is 23.3. The smallest absolute Gasteiger partial charge is 0.444 e. The van der Waals surface area contributed by atoms with Gasteiger partial charge in [0.05, 0.1) is 28.3 Å². The maximum Gasteiger partial charge on any atom is 0.494 e. The number of likely N-dealkylation sites (tertiary alicyclic amines) is 1. The summed E-state index contributed by atoms with van der Waals surface area (Å²) in [6.07, 6.45) is 2.92. The van der Waals surface area contributed by atoms with Gasteiger partial charge in [-0.1, -0.05) is 6.07 Å². The Morgan fingerprint density at radius 3 is 2.53 bits per heavy atom. The number of hydrogen-bond donors (Lipinski definition) is 1. The molecule has 1 amide bonds. The highest BCUT2D eigenvalue weighted by Gasteiger charge is 2.52.